The van der Waals surface area contributed by atoms with Crippen LogP contribution in [-0.4, -0.2) is 45.4 Å². The molecule has 0 N–H and O–H groups in total. The molecular formula is C26H26F2O10. The normalized spacial score (nSPS) is 10.3. The highest BCUT2D eigenvalue weighted by Crippen LogP contribution is 2.22. The largest absolute Gasteiger partial charge is 0.466 e. The van der Waals surface area contributed by atoms with Crippen molar-refractivity contribution in [3.63, 3.8) is 0 Å². The van der Waals surface area contributed by atoms with Crippen LogP contribution in [0.5, 0.6) is 11.5 Å². The molecule has 204 valence electrons. The predicted octanol–water partition coefficient (Wildman–Crippen LogP) is 3.75. The number of methoxy groups -OCH3 is 3. The van der Waals surface area contributed by atoms with E-state index in [0.29, 0.717) is 16.9 Å². The number of ether oxygens (including phenoxy) is 5. The van der Waals surface area contributed by atoms with Gasteiger partial charge in [0.1, 0.15) is 23.1 Å². The monoisotopic (exact) mass is 536 g/mol. The first-order chi connectivity index (χ1) is 18.0. The van der Waals surface area contributed by atoms with Crippen LogP contribution in [0.15, 0.2) is 60.1 Å². The van der Waals surface area contributed by atoms with Gasteiger partial charge in [-0.15, -0.1) is 0 Å². The van der Waals surface area contributed by atoms with E-state index >= 15 is 0 Å². The van der Waals surface area contributed by atoms with Crippen LogP contribution >= 0.6 is 0 Å². The minimum absolute atomic E-state index is 0.0807. The lowest BCUT2D eigenvalue weighted by Gasteiger charge is -2.10. The first-order valence-corrected chi connectivity index (χ1v) is 10.5. The summed E-state index contributed by atoms with van der Waals surface area (Å²) in [4.78, 5) is 50.1. The van der Waals surface area contributed by atoms with Crippen LogP contribution < -0.4 is 9.47 Å². The van der Waals surface area contributed by atoms with Gasteiger partial charge in [0.05, 0.1) is 27.4 Å². The predicted molar refractivity (Wildman–Crippen MR) is 126 cm³/mol. The lowest BCUT2D eigenvalue weighted by Crippen LogP contribution is -2.14. The van der Waals surface area contributed by atoms with Crippen molar-refractivity contribution < 1.29 is 56.4 Å². The molecule has 2 aromatic carbocycles. The molecule has 0 amide bonds. The van der Waals surface area contributed by atoms with Gasteiger partial charge in [0, 0.05) is 0 Å². The number of carbonyl (C=O) groups is 3. The summed E-state index contributed by atoms with van der Waals surface area (Å²) in [5.41, 5.74) is 1.09. The Balaban J connectivity index is 0.000000660. The average molecular weight is 536 g/mol. The molecule has 0 saturated carbocycles. The van der Waals surface area contributed by atoms with Crippen molar-refractivity contribution >= 4 is 24.1 Å². The zero-order chi connectivity index (χ0) is 29.3. The summed E-state index contributed by atoms with van der Waals surface area (Å²) >= 11 is 0. The molecular weight excluding hydrogens is 510 g/mol. The Morgan fingerprint density at radius 3 is 1.47 bits per heavy atom. The van der Waals surface area contributed by atoms with Gasteiger partial charge in [-0.2, -0.15) is 9.59 Å². The summed E-state index contributed by atoms with van der Waals surface area (Å²) in [5, 5.41) is 0. The Bertz CT molecular complexity index is 1210. The Labute approximate surface area is 217 Å². The van der Waals surface area contributed by atoms with Crippen LogP contribution in [0.4, 0.5) is 8.78 Å². The zero-order valence-electron chi connectivity index (χ0n) is 21.5. The molecule has 0 aromatic heterocycles. The van der Waals surface area contributed by atoms with E-state index in [1.807, 2.05) is 0 Å². The van der Waals surface area contributed by atoms with E-state index in [0.717, 1.165) is 20.3 Å². The van der Waals surface area contributed by atoms with E-state index in [4.69, 9.17) is 19.1 Å². The standard InChI is InChI=1S/C13H13FO5.C12H13FO3.CO2/c1-8-6-9(14)4-5-10(8)19-11(13(16)18-3)7-12(15)17-2;1-4-10(12(14)15-3)16-11-6-5-9(13)7-8(11)2;2-1-3/h4-7H,1-3H3;4-7H,1-3H3;/b11-7+;10-4-;. The molecule has 0 heterocycles. The van der Waals surface area contributed by atoms with Gasteiger partial charge in [-0.05, 0) is 74.4 Å². The van der Waals surface area contributed by atoms with Crippen molar-refractivity contribution in [2.24, 2.45) is 0 Å². The summed E-state index contributed by atoms with van der Waals surface area (Å²) in [7, 11) is 3.58. The first kappa shape index (κ1) is 33.2. The lowest BCUT2D eigenvalue weighted by atomic mass is 10.2. The molecule has 0 spiro atoms. The highest BCUT2D eigenvalue weighted by Gasteiger charge is 2.16. The molecule has 0 aliphatic rings. The molecule has 0 fully saturated rings. The number of esters is 3. The van der Waals surface area contributed by atoms with E-state index in [1.165, 1.54) is 49.6 Å². The lowest BCUT2D eigenvalue weighted by molar-refractivity contribution is -0.191. The maximum atomic E-state index is 12.9. The Morgan fingerprint density at radius 1 is 0.737 bits per heavy atom. The highest BCUT2D eigenvalue weighted by atomic mass is 19.1. The number of benzene rings is 2. The molecule has 0 atom stereocenters. The second-order valence-corrected chi connectivity index (χ2v) is 6.77. The first-order valence-electron chi connectivity index (χ1n) is 10.5. The molecule has 38 heavy (non-hydrogen) atoms. The third kappa shape index (κ3) is 11.7. The van der Waals surface area contributed by atoms with Gasteiger partial charge in [-0.1, -0.05) is 0 Å². The number of halogens is 2. The van der Waals surface area contributed by atoms with Crippen molar-refractivity contribution in [2.45, 2.75) is 20.8 Å². The van der Waals surface area contributed by atoms with E-state index in [2.05, 4.69) is 14.2 Å². The topological polar surface area (TPSA) is 132 Å². The van der Waals surface area contributed by atoms with Crippen LogP contribution in [0.25, 0.3) is 0 Å². The Kier molecular flexibility index (Phi) is 15.3. The molecule has 0 aliphatic heterocycles. The zero-order valence-corrected chi connectivity index (χ0v) is 21.5. The van der Waals surface area contributed by atoms with Crippen molar-refractivity contribution in [1.29, 1.82) is 0 Å². The molecule has 0 saturated heterocycles. The summed E-state index contributed by atoms with van der Waals surface area (Å²) in [6.07, 6.45) is 2.60. The average Bonchev–Trinajstić information content (AvgIpc) is 2.89. The van der Waals surface area contributed by atoms with Gasteiger partial charge in [0.25, 0.3) is 0 Å². The van der Waals surface area contributed by atoms with Gasteiger partial charge in [-0.25, -0.2) is 23.2 Å². The third-order valence-electron chi connectivity index (χ3n) is 4.20. The van der Waals surface area contributed by atoms with Crippen molar-refractivity contribution in [2.75, 3.05) is 21.3 Å². The fourth-order valence-electron chi connectivity index (χ4n) is 2.41. The summed E-state index contributed by atoms with van der Waals surface area (Å²) in [6.45, 7) is 4.96. The number of allylic oxidation sites excluding steroid dienone is 1. The molecule has 2 rings (SSSR count). The summed E-state index contributed by atoms with van der Waals surface area (Å²) in [6, 6.07) is 7.83. The molecule has 0 aliphatic carbocycles. The molecule has 0 unspecified atom stereocenters. The second-order valence-electron chi connectivity index (χ2n) is 6.77. The van der Waals surface area contributed by atoms with Crippen LogP contribution in [0.1, 0.15) is 18.1 Å². The summed E-state index contributed by atoms with van der Waals surface area (Å²) < 4.78 is 49.7. The number of aryl methyl sites for hydroxylation is 2. The van der Waals surface area contributed by atoms with Crippen LogP contribution in [0, 0.1) is 25.5 Å². The third-order valence-corrected chi connectivity index (χ3v) is 4.20. The fourth-order valence-corrected chi connectivity index (χ4v) is 2.41. The smallest absolute Gasteiger partial charge is 0.374 e. The van der Waals surface area contributed by atoms with Crippen molar-refractivity contribution in [3.05, 3.63) is 82.8 Å². The van der Waals surface area contributed by atoms with E-state index in [9.17, 15) is 23.2 Å². The fraction of sp³-hybridized carbons (Fsp3) is 0.231. The highest BCUT2D eigenvalue weighted by molar-refractivity contribution is 5.95. The minimum atomic E-state index is -0.839. The SMILES string of the molecule is C/C=C(\Oc1ccc(F)cc1C)C(=O)OC.COC(=O)/C=C(/Oc1ccc(F)cc1C)C(=O)OC.O=C=O. The van der Waals surface area contributed by atoms with E-state index < -0.39 is 23.7 Å². The second kappa shape index (κ2) is 17.6. The molecule has 12 heteroatoms. The van der Waals surface area contributed by atoms with Gasteiger partial charge in [0.2, 0.25) is 11.5 Å². The van der Waals surface area contributed by atoms with Crippen LogP contribution in [0.3, 0.4) is 0 Å². The van der Waals surface area contributed by atoms with Gasteiger partial charge in [-0.3, -0.25) is 0 Å². The quantitative estimate of drug-likeness (QED) is 0.223. The maximum Gasteiger partial charge on any atom is 0.374 e. The Morgan fingerprint density at radius 2 is 1.13 bits per heavy atom. The minimum Gasteiger partial charge on any atom is -0.466 e. The van der Waals surface area contributed by atoms with Gasteiger partial charge >= 0.3 is 24.1 Å². The van der Waals surface area contributed by atoms with Crippen LogP contribution in [-0.2, 0) is 38.2 Å². The van der Waals surface area contributed by atoms with Gasteiger partial charge in [0.15, 0.2) is 0 Å². The number of hydrogen-bond acceptors (Lipinski definition) is 10. The van der Waals surface area contributed by atoms with E-state index in [-0.39, 0.29) is 29.2 Å². The Hall–Kier alpha value is -4.83. The van der Waals surface area contributed by atoms with E-state index in [1.54, 1.807) is 20.8 Å². The van der Waals surface area contributed by atoms with Crippen molar-refractivity contribution in [1.82, 2.24) is 0 Å². The van der Waals surface area contributed by atoms with Gasteiger partial charge < -0.3 is 23.7 Å². The number of hydrogen-bond donors (Lipinski definition) is 0. The number of rotatable bonds is 7. The summed E-state index contributed by atoms with van der Waals surface area (Å²) in [5.74, 6) is -2.53. The van der Waals surface area contributed by atoms with Crippen molar-refractivity contribution in [3.8, 4) is 11.5 Å². The maximum absolute atomic E-state index is 12.9. The molecule has 2 aromatic rings. The van der Waals surface area contributed by atoms with Crippen LogP contribution in [0.2, 0.25) is 0 Å². The molecule has 0 radical (unpaired) electrons. The molecule has 10 nitrogen and oxygen atoms in total. The molecule has 0 bridgehead atoms. The number of carbonyl (C=O) groups excluding carboxylic acids is 5.